The van der Waals surface area contributed by atoms with Crippen molar-refractivity contribution in [3.8, 4) is 11.5 Å². The second kappa shape index (κ2) is 4.38. The Morgan fingerprint density at radius 2 is 1.79 bits per heavy atom. The average molecular weight is 268 g/mol. The molecule has 8 heteroatoms. The van der Waals surface area contributed by atoms with Crippen molar-refractivity contribution in [1.82, 2.24) is 0 Å². The molecule has 1 aliphatic heterocycles. The second-order valence-electron chi connectivity index (χ2n) is 4.84. The lowest BCUT2D eigenvalue weighted by atomic mass is 9.94. The summed E-state index contributed by atoms with van der Waals surface area (Å²) in [5, 5.41) is 21.9. The van der Waals surface area contributed by atoms with E-state index in [2.05, 4.69) is 0 Å². The predicted octanol–water partition coefficient (Wildman–Crippen LogP) is 1.92. The zero-order valence-corrected chi connectivity index (χ0v) is 10.4. The second-order valence-corrected chi connectivity index (χ2v) is 4.84. The summed E-state index contributed by atoms with van der Waals surface area (Å²) < 4.78 is 10.2. The molecule has 102 valence electrons. The highest BCUT2D eigenvalue weighted by molar-refractivity contribution is 5.55. The van der Waals surface area contributed by atoms with E-state index >= 15 is 0 Å². The van der Waals surface area contributed by atoms with Crippen LogP contribution >= 0.6 is 0 Å². The summed E-state index contributed by atoms with van der Waals surface area (Å²) >= 11 is 0. The molecular weight excluding hydrogens is 256 g/mol. The van der Waals surface area contributed by atoms with E-state index in [1.165, 1.54) is 26.0 Å². The van der Waals surface area contributed by atoms with Crippen molar-refractivity contribution in [3.63, 3.8) is 0 Å². The van der Waals surface area contributed by atoms with Crippen LogP contribution in [-0.4, -0.2) is 22.2 Å². The van der Waals surface area contributed by atoms with Gasteiger partial charge in [0, 0.05) is 30.8 Å². The first-order valence-electron chi connectivity index (χ1n) is 5.52. The monoisotopic (exact) mass is 268 g/mol. The Balaban J connectivity index is 2.44. The van der Waals surface area contributed by atoms with Crippen LogP contribution < -0.4 is 9.47 Å². The summed E-state index contributed by atoms with van der Waals surface area (Å²) in [6, 6.07) is 2.68. The van der Waals surface area contributed by atoms with Crippen LogP contribution in [0, 0.1) is 20.2 Å². The Morgan fingerprint density at radius 3 is 2.32 bits per heavy atom. The van der Waals surface area contributed by atoms with E-state index in [4.69, 9.17) is 9.47 Å². The predicted molar refractivity (Wildman–Crippen MR) is 64.0 cm³/mol. The van der Waals surface area contributed by atoms with Crippen molar-refractivity contribution in [2.24, 2.45) is 0 Å². The van der Waals surface area contributed by atoms with Crippen molar-refractivity contribution in [2.75, 3.05) is 6.79 Å². The van der Waals surface area contributed by atoms with Gasteiger partial charge in [0.05, 0.1) is 11.0 Å². The zero-order valence-electron chi connectivity index (χ0n) is 10.4. The minimum atomic E-state index is -1.29. The van der Waals surface area contributed by atoms with Gasteiger partial charge in [0.2, 0.25) is 12.3 Å². The van der Waals surface area contributed by atoms with Crippen molar-refractivity contribution < 1.29 is 19.3 Å². The molecule has 8 nitrogen and oxygen atoms in total. The van der Waals surface area contributed by atoms with Gasteiger partial charge in [-0.25, -0.2) is 0 Å². The number of benzene rings is 1. The van der Waals surface area contributed by atoms with Crippen LogP contribution in [0.25, 0.3) is 0 Å². The highest BCUT2D eigenvalue weighted by Crippen LogP contribution is 2.39. The summed E-state index contributed by atoms with van der Waals surface area (Å²) in [5.74, 6) is 0.661. The van der Waals surface area contributed by atoms with Crippen LogP contribution in [0.15, 0.2) is 12.1 Å². The molecule has 0 N–H and O–H groups in total. The lowest BCUT2D eigenvalue weighted by Crippen LogP contribution is -2.33. The molecule has 0 saturated heterocycles. The maximum absolute atomic E-state index is 11.0. The normalized spacial score (nSPS) is 13.4. The quantitative estimate of drug-likeness (QED) is 0.610. The first-order chi connectivity index (χ1) is 8.81. The molecule has 1 aromatic rings. The van der Waals surface area contributed by atoms with E-state index in [0.29, 0.717) is 5.75 Å². The maximum atomic E-state index is 11.0. The Bertz CT molecular complexity index is 554. The Labute approximate surface area is 108 Å². The first-order valence-corrected chi connectivity index (χ1v) is 5.52. The molecule has 1 aromatic carbocycles. The van der Waals surface area contributed by atoms with Gasteiger partial charge in [0.15, 0.2) is 11.5 Å². The number of nitro groups is 2. The molecule has 0 fully saturated rings. The molecule has 0 bridgehead atoms. The van der Waals surface area contributed by atoms with Crippen LogP contribution in [0.3, 0.4) is 0 Å². The van der Waals surface area contributed by atoms with Gasteiger partial charge >= 0.3 is 0 Å². The number of rotatable bonds is 4. The smallest absolute Gasteiger partial charge is 0.276 e. The fourth-order valence-electron chi connectivity index (χ4n) is 1.82. The van der Waals surface area contributed by atoms with Crippen LogP contribution in [0.5, 0.6) is 11.5 Å². The van der Waals surface area contributed by atoms with Crippen LogP contribution in [0.4, 0.5) is 5.69 Å². The minimum absolute atomic E-state index is 0.00539. The van der Waals surface area contributed by atoms with E-state index in [1.807, 2.05) is 0 Å². The third-order valence-electron chi connectivity index (χ3n) is 2.89. The van der Waals surface area contributed by atoms with E-state index in [9.17, 15) is 20.2 Å². The number of fused-ring (bicyclic) bond motifs is 1. The SMILES string of the molecule is CC(C)(Cc1cc2c(cc1[N+](=O)[O-])OCO2)[N+](=O)[O-]. The molecule has 0 aliphatic carbocycles. The number of nitro benzene ring substituents is 1. The number of ether oxygens (including phenoxy) is 2. The summed E-state index contributed by atoms with van der Waals surface area (Å²) in [5.41, 5.74) is -1.23. The number of nitrogens with zero attached hydrogens (tertiary/aromatic N) is 2. The van der Waals surface area contributed by atoms with E-state index in [-0.39, 0.29) is 30.2 Å². The summed E-state index contributed by atoms with van der Waals surface area (Å²) in [4.78, 5) is 20.9. The first kappa shape index (κ1) is 13.1. The van der Waals surface area contributed by atoms with Crippen LogP contribution in [0.1, 0.15) is 19.4 Å². The molecule has 2 rings (SSSR count). The molecule has 19 heavy (non-hydrogen) atoms. The molecule has 0 spiro atoms. The Kier molecular flexibility index (Phi) is 3.01. The number of hydrogen-bond donors (Lipinski definition) is 0. The largest absolute Gasteiger partial charge is 0.454 e. The van der Waals surface area contributed by atoms with Gasteiger partial charge in [0.1, 0.15) is 0 Å². The third-order valence-corrected chi connectivity index (χ3v) is 2.89. The minimum Gasteiger partial charge on any atom is -0.454 e. The third kappa shape index (κ3) is 2.42. The molecule has 0 atom stereocenters. The van der Waals surface area contributed by atoms with Gasteiger partial charge in [0.25, 0.3) is 5.69 Å². The molecule has 0 saturated carbocycles. The Hall–Kier alpha value is -2.38. The Morgan fingerprint density at radius 1 is 1.21 bits per heavy atom. The molecule has 1 aliphatic rings. The fourth-order valence-corrected chi connectivity index (χ4v) is 1.82. The van der Waals surface area contributed by atoms with Crippen molar-refractivity contribution in [2.45, 2.75) is 25.8 Å². The lowest BCUT2D eigenvalue weighted by Gasteiger charge is -2.15. The van der Waals surface area contributed by atoms with Crippen LogP contribution in [-0.2, 0) is 6.42 Å². The summed E-state index contributed by atoms with van der Waals surface area (Å²) in [6.45, 7) is 2.83. The average Bonchev–Trinajstić information content (AvgIpc) is 2.73. The van der Waals surface area contributed by atoms with Gasteiger partial charge in [-0.1, -0.05) is 0 Å². The van der Waals surface area contributed by atoms with Gasteiger partial charge in [-0.15, -0.1) is 0 Å². The van der Waals surface area contributed by atoms with Crippen molar-refractivity contribution in [1.29, 1.82) is 0 Å². The van der Waals surface area contributed by atoms with E-state index in [1.54, 1.807) is 0 Å². The molecule has 0 aromatic heterocycles. The van der Waals surface area contributed by atoms with Gasteiger partial charge in [-0.2, -0.15) is 0 Å². The van der Waals surface area contributed by atoms with Crippen LogP contribution in [0.2, 0.25) is 0 Å². The lowest BCUT2D eigenvalue weighted by molar-refractivity contribution is -0.560. The van der Waals surface area contributed by atoms with Gasteiger partial charge in [-0.05, 0) is 6.07 Å². The maximum Gasteiger partial charge on any atom is 0.276 e. The van der Waals surface area contributed by atoms with Crippen molar-refractivity contribution in [3.05, 3.63) is 37.9 Å². The van der Waals surface area contributed by atoms with Gasteiger partial charge in [-0.3, -0.25) is 20.2 Å². The summed E-state index contributed by atoms with van der Waals surface area (Å²) in [7, 11) is 0. The molecule has 0 radical (unpaired) electrons. The van der Waals surface area contributed by atoms with Crippen molar-refractivity contribution >= 4 is 5.69 Å². The molecule has 0 amide bonds. The molecular formula is C11H12N2O6. The molecule has 0 unspecified atom stereocenters. The summed E-state index contributed by atoms with van der Waals surface area (Å²) in [6.07, 6.45) is -0.0625. The van der Waals surface area contributed by atoms with E-state index in [0.717, 1.165) is 0 Å². The zero-order chi connectivity index (χ0) is 14.2. The van der Waals surface area contributed by atoms with E-state index < -0.39 is 15.4 Å². The molecule has 1 heterocycles. The highest BCUT2D eigenvalue weighted by Gasteiger charge is 2.35. The topological polar surface area (TPSA) is 105 Å². The number of hydrogen-bond acceptors (Lipinski definition) is 6. The standard InChI is InChI=1S/C11H12N2O6/c1-11(2,13(16)17)5-7-3-9-10(19-6-18-9)4-8(7)12(14)15/h3-4H,5-6H2,1-2H3. The van der Waals surface area contributed by atoms with Gasteiger partial charge < -0.3 is 9.47 Å². The fraction of sp³-hybridized carbons (Fsp3) is 0.455. The highest BCUT2D eigenvalue weighted by atomic mass is 16.7.